The van der Waals surface area contributed by atoms with E-state index in [0.29, 0.717) is 50.7 Å². The molecule has 1 aromatic carbocycles. The van der Waals surface area contributed by atoms with Gasteiger partial charge < -0.3 is 29.2 Å². The fourth-order valence-electron chi connectivity index (χ4n) is 8.03. The number of halogens is 3. The number of pyridine rings is 1. The summed E-state index contributed by atoms with van der Waals surface area (Å²) < 4.78 is 55.0. The topological polar surface area (TPSA) is 114 Å². The second-order valence-corrected chi connectivity index (χ2v) is 15.3. The van der Waals surface area contributed by atoms with Gasteiger partial charge in [0.2, 0.25) is 5.60 Å². The fraction of sp³-hybridized carbons (Fsp3) is 0.513. The van der Waals surface area contributed by atoms with Crippen molar-refractivity contribution in [1.82, 2.24) is 14.8 Å². The maximum Gasteiger partial charge on any atom is 0.418 e. The van der Waals surface area contributed by atoms with E-state index in [-0.39, 0.29) is 44.7 Å². The van der Waals surface area contributed by atoms with Crippen LogP contribution in [-0.2, 0) is 32.6 Å². The van der Waals surface area contributed by atoms with Crippen LogP contribution in [0.3, 0.4) is 0 Å². The van der Waals surface area contributed by atoms with Crippen molar-refractivity contribution in [3.63, 3.8) is 0 Å². The number of rotatable bonds is 11. The third-order valence-electron chi connectivity index (χ3n) is 10.9. The Bertz CT molecular complexity index is 1860. The van der Waals surface area contributed by atoms with Crippen molar-refractivity contribution in [2.45, 2.75) is 101 Å². The lowest BCUT2D eigenvalue weighted by Gasteiger charge is -2.50. The number of ether oxygens (including phenoxy) is 2. The van der Waals surface area contributed by atoms with Crippen molar-refractivity contribution >= 4 is 29.1 Å². The summed E-state index contributed by atoms with van der Waals surface area (Å²) in [6.07, 6.45) is -0.869. The fourth-order valence-corrected chi connectivity index (χ4v) is 8.63. The molecule has 0 unspecified atom stereocenters. The van der Waals surface area contributed by atoms with E-state index in [9.17, 15) is 27.9 Å². The number of carboxylic acid groups (broad SMARTS) is 1. The van der Waals surface area contributed by atoms with Crippen molar-refractivity contribution in [2.24, 2.45) is 5.92 Å². The quantitative estimate of drug-likeness (QED) is 0.202. The standard InChI is InChI=1S/C39H43F3N4O6S/c1-4-9-32-38(52-29-20-25(2)53-24-29,13-8-17-46(32)34(47)33-31(39(40,41)42)12-7-16-44-33)36(50)45-18-14-37(43-3,15-19-45)30-11-6-5-10-26(30)23-51-28-21-27(22-28)35(48)49/h5-7,10-12,16,20,24,27-28,32H,4,8-9,13-15,17-19,21-23H2,1-2H3,(H,48,49)/t27?,28?,32-,38+/m1/s1. The summed E-state index contributed by atoms with van der Waals surface area (Å²) in [7, 11) is 0. The maximum absolute atomic E-state index is 15.0. The highest BCUT2D eigenvalue weighted by Crippen LogP contribution is 2.44. The van der Waals surface area contributed by atoms with Crippen LogP contribution in [-0.4, -0.2) is 75.1 Å². The van der Waals surface area contributed by atoms with Crippen LogP contribution in [0.1, 0.15) is 90.3 Å². The number of benzene rings is 1. The number of aromatic nitrogens is 1. The van der Waals surface area contributed by atoms with Gasteiger partial charge in [0.1, 0.15) is 11.4 Å². The molecule has 2 aliphatic heterocycles. The molecule has 0 spiro atoms. The van der Waals surface area contributed by atoms with Crippen LogP contribution in [0, 0.1) is 19.4 Å². The molecule has 1 aliphatic carbocycles. The van der Waals surface area contributed by atoms with Gasteiger partial charge in [0, 0.05) is 60.9 Å². The molecule has 6 rings (SSSR count). The summed E-state index contributed by atoms with van der Waals surface area (Å²) in [5, 5.41) is 11.0. The normalized spacial score (nSPS) is 24.2. The molecule has 10 nitrogen and oxygen atoms in total. The zero-order chi connectivity index (χ0) is 38.0. The van der Waals surface area contributed by atoms with E-state index >= 15 is 4.79 Å². The van der Waals surface area contributed by atoms with Gasteiger partial charge in [0.05, 0.1) is 30.2 Å². The van der Waals surface area contributed by atoms with E-state index in [4.69, 9.17) is 16.0 Å². The Morgan fingerprint density at radius 1 is 1.09 bits per heavy atom. The molecule has 2 saturated heterocycles. The number of likely N-dealkylation sites (tertiary alicyclic amines) is 2. The average Bonchev–Trinajstić information content (AvgIpc) is 3.54. The van der Waals surface area contributed by atoms with Crippen LogP contribution in [0.5, 0.6) is 5.75 Å². The van der Waals surface area contributed by atoms with E-state index in [1.807, 2.05) is 44.2 Å². The van der Waals surface area contributed by atoms with Crippen LogP contribution in [0.15, 0.2) is 54.0 Å². The van der Waals surface area contributed by atoms with Crippen LogP contribution in [0.2, 0.25) is 0 Å². The number of aliphatic carboxylic acids is 1. The molecule has 2 atom stereocenters. The van der Waals surface area contributed by atoms with Crippen molar-refractivity contribution in [1.29, 1.82) is 0 Å². The lowest BCUT2D eigenvalue weighted by atomic mass is 9.77. The average molecular weight is 753 g/mol. The molecule has 0 bridgehead atoms. The highest BCUT2D eigenvalue weighted by Gasteiger charge is 2.57. The van der Waals surface area contributed by atoms with Gasteiger partial charge in [-0.05, 0) is 56.4 Å². The molecular weight excluding hydrogens is 710 g/mol. The van der Waals surface area contributed by atoms with Gasteiger partial charge >= 0.3 is 12.1 Å². The van der Waals surface area contributed by atoms with Gasteiger partial charge in [-0.15, -0.1) is 11.3 Å². The first-order valence-corrected chi connectivity index (χ1v) is 18.9. The summed E-state index contributed by atoms with van der Waals surface area (Å²) in [6, 6.07) is 10.5. The molecule has 14 heteroatoms. The van der Waals surface area contributed by atoms with E-state index in [1.165, 1.54) is 16.2 Å². The molecule has 3 fully saturated rings. The Balaban J connectivity index is 1.28. The minimum Gasteiger partial charge on any atom is -0.481 e. The van der Waals surface area contributed by atoms with E-state index in [1.54, 1.807) is 10.3 Å². The highest BCUT2D eigenvalue weighted by molar-refractivity contribution is 7.10. The van der Waals surface area contributed by atoms with Crippen LogP contribution in [0.4, 0.5) is 13.2 Å². The Morgan fingerprint density at radius 3 is 2.47 bits per heavy atom. The third-order valence-corrected chi connectivity index (χ3v) is 11.7. The molecule has 1 saturated carbocycles. The van der Waals surface area contributed by atoms with E-state index in [0.717, 1.165) is 34.3 Å². The lowest BCUT2D eigenvalue weighted by Crippen LogP contribution is -2.68. The monoisotopic (exact) mass is 752 g/mol. The SMILES string of the molecule is [C-]#[N+]C1(c2ccccc2COC2CC(C(=O)O)C2)CCN(C(=O)[C@]2(Oc3csc(C)c3)CCCN(C(=O)c3ncccc3C(F)(F)F)[C@@H]2CCC)CC1. The number of carbonyl (C=O) groups excluding carboxylic acids is 2. The predicted octanol–water partition coefficient (Wildman–Crippen LogP) is 7.51. The number of nitrogens with zero attached hydrogens (tertiary/aromatic N) is 4. The predicted molar refractivity (Wildman–Crippen MR) is 190 cm³/mol. The van der Waals surface area contributed by atoms with Gasteiger partial charge in [-0.3, -0.25) is 19.4 Å². The first-order valence-electron chi connectivity index (χ1n) is 18.0. The molecule has 282 valence electrons. The first kappa shape index (κ1) is 38.3. The minimum atomic E-state index is -4.80. The molecule has 53 heavy (non-hydrogen) atoms. The van der Waals surface area contributed by atoms with Crippen molar-refractivity contribution in [3.8, 4) is 5.75 Å². The molecule has 2 aromatic heterocycles. The number of alkyl halides is 3. The zero-order valence-electron chi connectivity index (χ0n) is 29.7. The largest absolute Gasteiger partial charge is 0.481 e. The van der Waals surface area contributed by atoms with Crippen LogP contribution in [0.25, 0.3) is 4.85 Å². The number of amides is 2. The lowest BCUT2D eigenvalue weighted by molar-refractivity contribution is -0.160. The smallest absolute Gasteiger partial charge is 0.418 e. The Kier molecular flexibility index (Phi) is 11.2. The zero-order valence-corrected chi connectivity index (χ0v) is 30.5. The first-order chi connectivity index (χ1) is 25.3. The van der Waals surface area contributed by atoms with E-state index < -0.39 is 52.4 Å². The molecule has 1 N–H and O–H groups in total. The second-order valence-electron chi connectivity index (χ2n) is 14.2. The number of carbonyl (C=O) groups is 3. The van der Waals surface area contributed by atoms with Crippen molar-refractivity contribution in [3.05, 3.63) is 92.7 Å². The summed E-state index contributed by atoms with van der Waals surface area (Å²) in [5.41, 5.74) is -2.73. The second kappa shape index (κ2) is 15.5. The van der Waals surface area contributed by atoms with Gasteiger partial charge in [0.15, 0.2) is 0 Å². The molecule has 0 radical (unpaired) electrons. The number of hydrogen-bond donors (Lipinski definition) is 1. The summed E-state index contributed by atoms with van der Waals surface area (Å²) >= 11 is 1.44. The minimum absolute atomic E-state index is 0.135. The molecule has 3 aliphatic rings. The van der Waals surface area contributed by atoms with Crippen LogP contribution < -0.4 is 4.74 Å². The number of carboxylic acids is 1. The van der Waals surface area contributed by atoms with Crippen LogP contribution >= 0.6 is 11.3 Å². The number of hydrogen-bond acceptors (Lipinski definition) is 7. The van der Waals surface area contributed by atoms with Gasteiger partial charge in [-0.25, -0.2) is 6.57 Å². The molecule has 4 heterocycles. The molecule has 2 amide bonds. The molecular formula is C39H43F3N4O6S. The molecule has 3 aromatic rings. The van der Waals surface area contributed by atoms with Crippen molar-refractivity contribution in [2.75, 3.05) is 19.6 Å². The third kappa shape index (κ3) is 7.64. The summed E-state index contributed by atoms with van der Waals surface area (Å²) in [6.45, 7) is 13.0. The summed E-state index contributed by atoms with van der Waals surface area (Å²) in [5.74, 6) is -2.03. The Labute approximate surface area is 310 Å². The number of thiophene rings is 1. The number of piperidine rings is 2. The van der Waals surface area contributed by atoms with Gasteiger partial charge in [0.25, 0.3) is 17.4 Å². The highest BCUT2D eigenvalue weighted by atomic mass is 32.1. The van der Waals surface area contributed by atoms with Gasteiger partial charge in [-0.1, -0.05) is 37.6 Å². The summed E-state index contributed by atoms with van der Waals surface area (Å²) in [4.78, 5) is 52.4. The van der Waals surface area contributed by atoms with Gasteiger partial charge in [-0.2, -0.15) is 13.2 Å². The maximum atomic E-state index is 15.0. The van der Waals surface area contributed by atoms with E-state index in [2.05, 4.69) is 9.83 Å². The number of aryl methyl sites for hydroxylation is 1. The Morgan fingerprint density at radius 2 is 1.83 bits per heavy atom. The van der Waals surface area contributed by atoms with Crippen molar-refractivity contribution < 1.29 is 42.1 Å². The Hall–Kier alpha value is -4.48.